The molecule has 0 amide bonds. The maximum absolute atomic E-state index is 5.53. The maximum atomic E-state index is 5.53. The molecule has 0 aromatic heterocycles. The van der Waals surface area contributed by atoms with Gasteiger partial charge in [0.15, 0.2) is 0 Å². The summed E-state index contributed by atoms with van der Waals surface area (Å²) >= 11 is 0. The molecule has 0 radical (unpaired) electrons. The van der Waals surface area contributed by atoms with Gasteiger partial charge in [-0.25, -0.2) is 5.01 Å². The van der Waals surface area contributed by atoms with Crippen LogP contribution in [0, 0.1) is 0 Å². The van der Waals surface area contributed by atoms with Crippen molar-refractivity contribution < 1.29 is 0 Å². The highest BCUT2D eigenvalue weighted by molar-refractivity contribution is 5.03. The molecule has 0 bridgehead atoms. The van der Waals surface area contributed by atoms with Crippen molar-refractivity contribution in [1.29, 1.82) is 0 Å². The summed E-state index contributed by atoms with van der Waals surface area (Å²) in [7, 11) is 0. The lowest BCUT2D eigenvalue weighted by Gasteiger charge is -2.45. The number of hydrogen-bond donors (Lipinski definition) is 2. The van der Waals surface area contributed by atoms with Crippen LogP contribution in [-0.2, 0) is 0 Å². The van der Waals surface area contributed by atoms with E-state index < -0.39 is 0 Å². The Labute approximate surface area is 55.2 Å². The quantitative estimate of drug-likeness (QED) is 0.423. The highest BCUT2D eigenvalue weighted by Gasteiger charge is 2.43. The van der Waals surface area contributed by atoms with Crippen molar-refractivity contribution in [2.45, 2.75) is 18.4 Å². The molecule has 3 heteroatoms. The summed E-state index contributed by atoms with van der Waals surface area (Å²) < 4.78 is 0. The third-order valence-corrected chi connectivity index (χ3v) is 2.34. The van der Waals surface area contributed by atoms with Crippen LogP contribution in [0.4, 0.5) is 0 Å². The van der Waals surface area contributed by atoms with E-state index >= 15 is 0 Å². The predicted molar refractivity (Wildman–Crippen MR) is 35.7 cm³/mol. The summed E-state index contributed by atoms with van der Waals surface area (Å²) in [4.78, 5) is 0. The highest BCUT2D eigenvalue weighted by atomic mass is 15.5. The fourth-order valence-electron chi connectivity index (χ4n) is 1.87. The number of nitrogens with one attached hydrogen (secondary N) is 1. The van der Waals surface area contributed by atoms with Crippen LogP contribution in [-0.4, -0.2) is 30.2 Å². The van der Waals surface area contributed by atoms with E-state index in [0.29, 0.717) is 5.54 Å². The SMILES string of the molecule is NN1CC2(CCCN2)C1. The zero-order valence-corrected chi connectivity index (χ0v) is 5.56. The molecule has 1 spiro atoms. The lowest BCUT2D eigenvalue weighted by Crippen LogP contribution is -2.68. The summed E-state index contributed by atoms with van der Waals surface area (Å²) in [6, 6.07) is 0. The molecule has 0 unspecified atom stereocenters. The molecule has 0 saturated carbocycles. The van der Waals surface area contributed by atoms with Gasteiger partial charge >= 0.3 is 0 Å². The van der Waals surface area contributed by atoms with Crippen molar-refractivity contribution in [3.63, 3.8) is 0 Å². The average Bonchev–Trinajstić information content (AvgIpc) is 2.12. The van der Waals surface area contributed by atoms with Gasteiger partial charge in [-0.3, -0.25) is 5.84 Å². The average molecular weight is 127 g/mol. The standard InChI is InChI=1S/C6H13N3/c7-9-4-6(5-9)2-1-3-8-6/h8H,1-5,7H2. The summed E-state index contributed by atoms with van der Waals surface area (Å²) in [5.41, 5.74) is 0.439. The second-order valence-corrected chi connectivity index (χ2v) is 3.22. The van der Waals surface area contributed by atoms with Gasteiger partial charge in [0.25, 0.3) is 0 Å². The van der Waals surface area contributed by atoms with Gasteiger partial charge in [-0.2, -0.15) is 0 Å². The lowest BCUT2D eigenvalue weighted by atomic mass is 9.90. The Morgan fingerprint density at radius 1 is 1.44 bits per heavy atom. The number of nitrogens with two attached hydrogens (primary N) is 1. The molecule has 0 atom stereocenters. The predicted octanol–water partition coefficient (Wildman–Crippen LogP) is -0.702. The van der Waals surface area contributed by atoms with E-state index in [-0.39, 0.29) is 0 Å². The van der Waals surface area contributed by atoms with Crippen LogP contribution in [0.15, 0.2) is 0 Å². The third kappa shape index (κ3) is 0.764. The second-order valence-electron chi connectivity index (χ2n) is 3.22. The Morgan fingerprint density at radius 3 is 2.67 bits per heavy atom. The topological polar surface area (TPSA) is 41.3 Å². The molecule has 0 aromatic carbocycles. The van der Waals surface area contributed by atoms with Crippen molar-refractivity contribution in [1.82, 2.24) is 10.3 Å². The van der Waals surface area contributed by atoms with E-state index in [2.05, 4.69) is 5.32 Å². The van der Waals surface area contributed by atoms with Gasteiger partial charge < -0.3 is 5.32 Å². The van der Waals surface area contributed by atoms with Crippen LogP contribution in [0.25, 0.3) is 0 Å². The minimum atomic E-state index is 0.439. The molecule has 3 N–H and O–H groups in total. The van der Waals surface area contributed by atoms with E-state index in [1.807, 2.05) is 5.01 Å². The van der Waals surface area contributed by atoms with Gasteiger partial charge in [-0.15, -0.1) is 0 Å². The summed E-state index contributed by atoms with van der Waals surface area (Å²) in [6.07, 6.45) is 2.65. The first kappa shape index (κ1) is 5.65. The number of hydrazine groups is 1. The van der Waals surface area contributed by atoms with Crippen molar-refractivity contribution in [3.8, 4) is 0 Å². The van der Waals surface area contributed by atoms with Crippen LogP contribution in [0.1, 0.15) is 12.8 Å². The third-order valence-electron chi connectivity index (χ3n) is 2.34. The molecule has 3 nitrogen and oxygen atoms in total. The van der Waals surface area contributed by atoms with Crippen LogP contribution in [0.3, 0.4) is 0 Å². The van der Waals surface area contributed by atoms with Gasteiger partial charge in [-0.1, -0.05) is 0 Å². The van der Waals surface area contributed by atoms with Crippen molar-refractivity contribution >= 4 is 0 Å². The van der Waals surface area contributed by atoms with E-state index in [1.165, 1.54) is 19.4 Å². The Kier molecular flexibility index (Phi) is 1.06. The van der Waals surface area contributed by atoms with Crippen molar-refractivity contribution in [2.75, 3.05) is 19.6 Å². The number of hydrogen-bond acceptors (Lipinski definition) is 3. The Hall–Kier alpha value is -0.120. The first-order chi connectivity index (χ1) is 4.31. The monoisotopic (exact) mass is 127 g/mol. The molecular weight excluding hydrogens is 114 g/mol. The van der Waals surface area contributed by atoms with E-state index in [0.717, 1.165) is 13.1 Å². The van der Waals surface area contributed by atoms with Gasteiger partial charge in [0.05, 0.1) is 0 Å². The molecule has 9 heavy (non-hydrogen) atoms. The van der Waals surface area contributed by atoms with Gasteiger partial charge in [0.1, 0.15) is 0 Å². The molecule has 0 aliphatic carbocycles. The van der Waals surface area contributed by atoms with Crippen LogP contribution in [0.2, 0.25) is 0 Å². The summed E-state index contributed by atoms with van der Waals surface area (Å²) in [5.74, 6) is 5.53. The molecule has 2 heterocycles. The van der Waals surface area contributed by atoms with Gasteiger partial charge in [-0.05, 0) is 19.4 Å². The fourth-order valence-corrected chi connectivity index (χ4v) is 1.87. The fraction of sp³-hybridized carbons (Fsp3) is 1.00. The minimum absolute atomic E-state index is 0.439. The molecule has 52 valence electrons. The zero-order chi connectivity index (χ0) is 6.32. The van der Waals surface area contributed by atoms with Crippen LogP contribution < -0.4 is 11.2 Å². The summed E-state index contributed by atoms with van der Waals surface area (Å²) in [6.45, 7) is 3.29. The van der Waals surface area contributed by atoms with Crippen LogP contribution >= 0.6 is 0 Å². The normalized spacial score (nSPS) is 33.0. The molecule has 2 aliphatic rings. The lowest BCUT2D eigenvalue weighted by molar-refractivity contribution is 0.0559. The molecule has 2 saturated heterocycles. The second kappa shape index (κ2) is 1.68. The van der Waals surface area contributed by atoms with E-state index in [1.54, 1.807) is 0 Å². The Bertz CT molecular complexity index is 109. The van der Waals surface area contributed by atoms with Crippen molar-refractivity contribution in [3.05, 3.63) is 0 Å². The first-order valence-electron chi connectivity index (χ1n) is 3.55. The zero-order valence-electron chi connectivity index (χ0n) is 5.56. The number of nitrogens with zero attached hydrogens (tertiary/aromatic N) is 1. The summed E-state index contributed by atoms with van der Waals surface area (Å²) in [5, 5.41) is 5.35. The van der Waals surface area contributed by atoms with Gasteiger partial charge in [0.2, 0.25) is 0 Å². The first-order valence-corrected chi connectivity index (χ1v) is 3.55. The molecule has 0 aromatic rings. The molecular formula is C6H13N3. The smallest absolute Gasteiger partial charge is 0.0465 e. The van der Waals surface area contributed by atoms with Gasteiger partial charge in [0, 0.05) is 18.6 Å². The Morgan fingerprint density at radius 2 is 2.22 bits per heavy atom. The maximum Gasteiger partial charge on any atom is 0.0465 e. The largest absolute Gasteiger partial charge is 0.309 e. The van der Waals surface area contributed by atoms with Crippen LogP contribution in [0.5, 0.6) is 0 Å². The Balaban J connectivity index is 1.95. The minimum Gasteiger partial charge on any atom is -0.309 e. The number of rotatable bonds is 0. The van der Waals surface area contributed by atoms with E-state index in [9.17, 15) is 0 Å². The molecule has 2 aliphatic heterocycles. The highest BCUT2D eigenvalue weighted by Crippen LogP contribution is 2.26. The van der Waals surface area contributed by atoms with E-state index in [4.69, 9.17) is 5.84 Å². The molecule has 2 rings (SSSR count). The van der Waals surface area contributed by atoms with Crippen molar-refractivity contribution in [2.24, 2.45) is 5.84 Å². The molecule has 2 fully saturated rings.